The molecule has 0 fully saturated rings. The van der Waals surface area contributed by atoms with Crippen LogP contribution in [0.3, 0.4) is 0 Å². The van der Waals surface area contributed by atoms with Crippen molar-refractivity contribution < 1.29 is 12.8 Å². The van der Waals surface area contributed by atoms with Gasteiger partial charge in [0, 0.05) is 13.6 Å². The van der Waals surface area contributed by atoms with Gasteiger partial charge in [0.1, 0.15) is 5.82 Å². The van der Waals surface area contributed by atoms with Gasteiger partial charge in [-0.2, -0.15) is 0 Å². The Kier molecular flexibility index (Phi) is 3.74. The molecule has 0 amide bonds. The van der Waals surface area contributed by atoms with Crippen LogP contribution in [0, 0.1) is 5.82 Å². The monoisotopic (exact) mass is 321 g/mol. The van der Waals surface area contributed by atoms with E-state index < -0.39 is 15.8 Å². The van der Waals surface area contributed by atoms with Crippen molar-refractivity contribution in [3.8, 4) is 0 Å². The van der Waals surface area contributed by atoms with Gasteiger partial charge in [0.25, 0.3) is 10.0 Å². The predicted octanol–water partition coefficient (Wildman–Crippen LogP) is 2.40. The van der Waals surface area contributed by atoms with Crippen LogP contribution in [0.15, 0.2) is 41.4 Å². The maximum Gasteiger partial charge on any atom is 0.264 e. The summed E-state index contributed by atoms with van der Waals surface area (Å²) in [6, 6.07) is 6.66. The normalized spacial score (nSPS) is 14.5. The molecule has 5 nitrogen and oxygen atoms in total. The number of nitrogens with zero attached hydrogens (tertiary/aromatic N) is 2. The molecule has 1 aliphatic heterocycles. The van der Waals surface area contributed by atoms with Crippen molar-refractivity contribution in [3.63, 3.8) is 0 Å². The number of benzene rings is 1. The lowest BCUT2D eigenvalue weighted by molar-refractivity contribution is 0.584. The van der Waals surface area contributed by atoms with E-state index in [1.807, 2.05) is 0 Å². The zero-order chi connectivity index (χ0) is 15.7. The number of halogens is 1. The van der Waals surface area contributed by atoms with Gasteiger partial charge in [-0.1, -0.05) is 0 Å². The molecule has 1 aromatic heterocycles. The Bertz CT molecular complexity index is 791. The first-order valence-corrected chi connectivity index (χ1v) is 8.41. The maximum absolute atomic E-state index is 13.0. The zero-order valence-corrected chi connectivity index (χ0v) is 12.9. The summed E-state index contributed by atoms with van der Waals surface area (Å²) in [6.07, 6.45) is 3.14. The molecule has 2 aromatic rings. The number of aryl methyl sites for hydroxylation is 1. The Morgan fingerprint density at radius 1 is 1.27 bits per heavy atom. The molecular weight excluding hydrogens is 305 g/mol. The second-order valence-electron chi connectivity index (χ2n) is 5.07. The van der Waals surface area contributed by atoms with Gasteiger partial charge >= 0.3 is 0 Å². The quantitative estimate of drug-likeness (QED) is 0.943. The molecule has 116 valence electrons. The van der Waals surface area contributed by atoms with Crippen LogP contribution < -0.4 is 9.62 Å². The van der Waals surface area contributed by atoms with E-state index in [2.05, 4.69) is 10.3 Å². The molecule has 0 saturated carbocycles. The van der Waals surface area contributed by atoms with Crippen molar-refractivity contribution in [1.82, 2.24) is 4.98 Å². The van der Waals surface area contributed by atoms with Crippen LogP contribution in [-0.2, 0) is 16.4 Å². The number of anilines is 2. The van der Waals surface area contributed by atoms with E-state index in [1.165, 1.54) is 16.4 Å². The van der Waals surface area contributed by atoms with E-state index in [9.17, 15) is 12.8 Å². The molecule has 0 saturated heterocycles. The Labute approximate surface area is 128 Å². The fourth-order valence-corrected chi connectivity index (χ4v) is 4.04. The highest BCUT2D eigenvalue weighted by molar-refractivity contribution is 7.92. The van der Waals surface area contributed by atoms with E-state index in [1.54, 1.807) is 19.3 Å². The van der Waals surface area contributed by atoms with Gasteiger partial charge in [0.05, 0.1) is 28.2 Å². The minimum absolute atomic E-state index is 0.0802. The van der Waals surface area contributed by atoms with Crippen molar-refractivity contribution in [2.45, 2.75) is 17.7 Å². The number of aromatic nitrogens is 1. The number of fused-ring (bicyclic) bond motifs is 1. The molecule has 22 heavy (non-hydrogen) atoms. The number of hydrogen-bond donors (Lipinski definition) is 1. The van der Waals surface area contributed by atoms with Crippen LogP contribution in [0.1, 0.15) is 12.1 Å². The largest absolute Gasteiger partial charge is 0.387 e. The standard InChI is InChI=1S/C15H16FN3O2S/c1-17-12-9-15-14(18-10-12)3-2-8-19(15)22(20,21)13-6-4-11(16)5-7-13/h4-7,9-10,17H,2-3,8H2,1H3. The minimum atomic E-state index is -3.72. The van der Waals surface area contributed by atoms with Gasteiger partial charge in [0.2, 0.25) is 0 Å². The summed E-state index contributed by atoms with van der Waals surface area (Å²) in [5, 5.41) is 2.96. The summed E-state index contributed by atoms with van der Waals surface area (Å²) in [7, 11) is -1.96. The minimum Gasteiger partial charge on any atom is -0.387 e. The summed E-state index contributed by atoms with van der Waals surface area (Å²) in [5.74, 6) is -0.461. The number of hydrogen-bond acceptors (Lipinski definition) is 4. The second kappa shape index (κ2) is 5.57. The van der Waals surface area contributed by atoms with Gasteiger partial charge in [-0.3, -0.25) is 9.29 Å². The van der Waals surface area contributed by atoms with E-state index in [4.69, 9.17) is 0 Å². The molecule has 0 bridgehead atoms. The topological polar surface area (TPSA) is 62.3 Å². The van der Waals surface area contributed by atoms with Crippen LogP contribution >= 0.6 is 0 Å². The third-order valence-electron chi connectivity index (χ3n) is 3.68. The summed E-state index contributed by atoms with van der Waals surface area (Å²) in [4.78, 5) is 4.41. The molecule has 1 aliphatic rings. The Morgan fingerprint density at radius 2 is 2.00 bits per heavy atom. The highest BCUT2D eigenvalue weighted by Crippen LogP contribution is 2.32. The number of sulfonamides is 1. The Morgan fingerprint density at radius 3 is 2.68 bits per heavy atom. The summed E-state index contributed by atoms with van der Waals surface area (Å²) < 4.78 is 40.0. The van der Waals surface area contributed by atoms with Crippen LogP contribution in [0.5, 0.6) is 0 Å². The molecule has 7 heteroatoms. The maximum atomic E-state index is 13.0. The van der Waals surface area contributed by atoms with E-state index in [0.29, 0.717) is 18.7 Å². The van der Waals surface area contributed by atoms with Crippen molar-refractivity contribution in [2.75, 3.05) is 23.2 Å². The lowest BCUT2D eigenvalue weighted by Crippen LogP contribution is -2.35. The smallest absolute Gasteiger partial charge is 0.264 e. The lowest BCUT2D eigenvalue weighted by atomic mass is 10.1. The summed E-state index contributed by atoms with van der Waals surface area (Å²) in [6.45, 7) is 0.390. The molecule has 1 N–H and O–H groups in total. The molecule has 0 spiro atoms. The number of nitrogens with one attached hydrogen (secondary N) is 1. The predicted molar refractivity (Wildman–Crippen MR) is 83.0 cm³/mol. The van der Waals surface area contributed by atoms with Crippen LogP contribution in [-0.4, -0.2) is 27.0 Å². The molecule has 0 aliphatic carbocycles. The first kappa shape index (κ1) is 14.8. The second-order valence-corrected chi connectivity index (χ2v) is 6.94. The summed E-state index contributed by atoms with van der Waals surface area (Å²) in [5.41, 5.74) is 2.10. The first-order valence-electron chi connectivity index (χ1n) is 6.97. The van der Waals surface area contributed by atoms with Gasteiger partial charge < -0.3 is 5.32 Å². The third kappa shape index (κ3) is 2.52. The zero-order valence-electron chi connectivity index (χ0n) is 12.1. The molecule has 0 radical (unpaired) electrons. The van der Waals surface area contributed by atoms with E-state index >= 15 is 0 Å². The number of pyridine rings is 1. The fourth-order valence-electron chi connectivity index (χ4n) is 2.52. The van der Waals surface area contributed by atoms with Crippen molar-refractivity contribution >= 4 is 21.4 Å². The molecule has 0 atom stereocenters. The van der Waals surface area contributed by atoms with E-state index in [-0.39, 0.29) is 4.90 Å². The lowest BCUT2D eigenvalue weighted by Gasteiger charge is -2.30. The SMILES string of the molecule is CNc1cnc2c(c1)N(S(=O)(=O)c1ccc(F)cc1)CCC2. The summed E-state index contributed by atoms with van der Waals surface area (Å²) >= 11 is 0. The molecule has 2 heterocycles. The molecule has 0 unspecified atom stereocenters. The average Bonchev–Trinajstić information content (AvgIpc) is 2.54. The van der Waals surface area contributed by atoms with Gasteiger partial charge in [-0.05, 0) is 43.2 Å². The Balaban J connectivity index is 2.08. The Hall–Kier alpha value is -2.15. The van der Waals surface area contributed by atoms with Crippen molar-refractivity contribution in [3.05, 3.63) is 48.0 Å². The molecular formula is C15H16FN3O2S. The van der Waals surface area contributed by atoms with Crippen molar-refractivity contribution in [2.24, 2.45) is 0 Å². The molecule has 1 aromatic carbocycles. The first-order chi connectivity index (χ1) is 10.5. The van der Waals surface area contributed by atoms with E-state index in [0.717, 1.165) is 29.9 Å². The molecule has 3 rings (SSSR count). The van der Waals surface area contributed by atoms with Crippen LogP contribution in [0.4, 0.5) is 15.8 Å². The van der Waals surface area contributed by atoms with Gasteiger partial charge in [-0.25, -0.2) is 12.8 Å². The average molecular weight is 321 g/mol. The van der Waals surface area contributed by atoms with Crippen LogP contribution in [0.25, 0.3) is 0 Å². The van der Waals surface area contributed by atoms with Gasteiger partial charge in [0.15, 0.2) is 0 Å². The third-order valence-corrected chi connectivity index (χ3v) is 5.51. The highest BCUT2D eigenvalue weighted by atomic mass is 32.2. The van der Waals surface area contributed by atoms with Crippen LogP contribution in [0.2, 0.25) is 0 Å². The van der Waals surface area contributed by atoms with Gasteiger partial charge in [-0.15, -0.1) is 0 Å². The van der Waals surface area contributed by atoms with Crippen molar-refractivity contribution in [1.29, 1.82) is 0 Å². The highest BCUT2D eigenvalue weighted by Gasteiger charge is 2.30. The fraction of sp³-hybridized carbons (Fsp3) is 0.267. The number of rotatable bonds is 3.